The molecule has 1 aliphatic heterocycles. The van der Waals surface area contributed by atoms with Crippen LogP contribution in [0.15, 0.2) is 59.6 Å². The molecular weight excluding hydrogens is 386 g/mol. The highest BCUT2D eigenvalue weighted by Crippen LogP contribution is 2.38. The standard InChI is InChI=1S/C22H29N3O3S/c1-28-21-14-18-16-25(11-12-29(26,27)19-7-3-2-4-8-19)15-17(18)13-20(21)24-22-9-5-6-10-23-22/h2-10,17-18,20-21H,11-16H2,1H3,(H,23,24)/t17-,18+,20-,21-/m1/s1. The molecule has 0 amide bonds. The SMILES string of the molecule is CO[C@@H]1C[C@H]2CN(CCS(=O)(=O)c3ccccc3)C[C@H]2C[C@H]1Nc1ccccn1. The van der Waals surface area contributed by atoms with Gasteiger partial charge in [0.15, 0.2) is 9.84 Å². The van der Waals surface area contributed by atoms with Gasteiger partial charge in [0.25, 0.3) is 0 Å². The Hall–Kier alpha value is -1.96. The summed E-state index contributed by atoms with van der Waals surface area (Å²) in [5.74, 6) is 2.16. The van der Waals surface area contributed by atoms with Gasteiger partial charge in [0, 0.05) is 32.9 Å². The number of ether oxygens (including phenoxy) is 1. The van der Waals surface area contributed by atoms with Crippen molar-refractivity contribution in [2.24, 2.45) is 11.8 Å². The average molecular weight is 416 g/mol. The summed E-state index contributed by atoms with van der Waals surface area (Å²) in [4.78, 5) is 7.11. The minimum Gasteiger partial charge on any atom is -0.379 e. The molecule has 1 aliphatic carbocycles. The fraction of sp³-hybridized carbons (Fsp3) is 0.500. The van der Waals surface area contributed by atoms with Crippen molar-refractivity contribution < 1.29 is 13.2 Å². The van der Waals surface area contributed by atoms with E-state index in [4.69, 9.17) is 4.74 Å². The fourth-order valence-electron chi connectivity index (χ4n) is 4.74. The second-order valence-corrected chi connectivity index (χ2v) is 10.2. The molecule has 1 aromatic heterocycles. The van der Waals surface area contributed by atoms with Gasteiger partial charge in [-0.2, -0.15) is 0 Å². The van der Waals surface area contributed by atoms with E-state index in [1.54, 1.807) is 37.6 Å². The van der Waals surface area contributed by atoms with Crippen molar-refractivity contribution in [2.75, 3.05) is 37.8 Å². The highest BCUT2D eigenvalue weighted by molar-refractivity contribution is 7.91. The van der Waals surface area contributed by atoms with E-state index >= 15 is 0 Å². The summed E-state index contributed by atoms with van der Waals surface area (Å²) in [6.45, 7) is 2.48. The number of anilines is 1. The molecule has 1 N–H and O–H groups in total. The topological polar surface area (TPSA) is 71.5 Å². The average Bonchev–Trinajstić information content (AvgIpc) is 3.15. The third-order valence-electron chi connectivity index (χ3n) is 6.27. The molecular formula is C22H29N3O3S. The molecule has 7 heteroatoms. The smallest absolute Gasteiger partial charge is 0.179 e. The summed E-state index contributed by atoms with van der Waals surface area (Å²) in [5.41, 5.74) is 0. The van der Waals surface area contributed by atoms with Crippen LogP contribution in [0, 0.1) is 11.8 Å². The summed E-state index contributed by atoms with van der Waals surface area (Å²) >= 11 is 0. The van der Waals surface area contributed by atoms with Gasteiger partial charge in [-0.25, -0.2) is 13.4 Å². The first-order valence-corrected chi connectivity index (χ1v) is 11.9. The van der Waals surface area contributed by atoms with Crippen LogP contribution in [0.25, 0.3) is 0 Å². The van der Waals surface area contributed by atoms with Crippen molar-refractivity contribution in [3.63, 3.8) is 0 Å². The Kier molecular flexibility index (Phi) is 6.18. The molecule has 29 heavy (non-hydrogen) atoms. The largest absolute Gasteiger partial charge is 0.379 e. The lowest BCUT2D eigenvalue weighted by Gasteiger charge is -2.37. The highest BCUT2D eigenvalue weighted by atomic mass is 32.2. The van der Waals surface area contributed by atoms with Gasteiger partial charge in [-0.1, -0.05) is 24.3 Å². The van der Waals surface area contributed by atoms with Gasteiger partial charge in [0.2, 0.25) is 0 Å². The molecule has 6 nitrogen and oxygen atoms in total. The van der Waals surface area contributed by atoms with Crippen molar-refractivity contribution >= 4 is 15.7 Å². The van der Waals surface area contributed by atoms with Crippen molar-refractivity contribution in [3.8, 4) is 0 Å². The lowest BCUT2D eigenvalue weighted by Crippen LogP contribution is -2.44. The number of hydrogen-bond acceptors (Lipinski definition) is 6. The molecule has 0 spiro atoms. The third kappa shape index (κ3) is 4.79. The molecule has 0 radical (unpaired) electrons. The maximum atomic E-state index is 12.6. The Morgan fingerprint density at radius 1 is 1.07 bits per heavy atom. The molecule has 1 aromatic carbocycles. The zero-order chi connectivity index (χ0) is 20.3. The number of benzene rings is 1. The van der Waals surface area contributed by atoms with Gasteiger partial charge >= 0.3 is 0 Å². The van der Waals surface area contributed by atoms with Crippen molar-refractivity contribution in [2.45, 2.75) is 29.9 Å². The molecule has 2 heterocycles. The Balaban J connectivity index is 1.36. The van der Waals surface area contributed by atoms with E-state index in [-0.39, 0.29) is 17.9 Å². The summed E-state index contributed by atoms with van der Waals surface area (Å²) in [5, 5.41) is 3.54. The van der Waals surface area contributed by atoms with E-state index in [1.165, 1.54) is 0 Å². The maximum Gasteiger partial charge on any atom is 0.179 e. The van der Waals surface area contributed by atoms with Crippen LogP contribution in [0.5, 0.6) is 0 Å². The van der Waals surface area contributed by atoms with E-state index in [2.05, 4.69) is 15.2 Å². The third-order valence-corrected chi connectivity index (χ3v) is 7.98. The summed E-state index contributed by atoms with van der Waals surface area (Å²) in [6, 6.07) is 14.8. The van der Waals surface area contributed by atoms with Crippen LogP contribution in [0.3, 0.4) is 0 Å². The van der Waals surface area contributed by atoms with Gasteiger partial charge in [-0.15, -0.1) is 0 Å². The molecule has 156 valence electrons. The van der Waals surface area contributed by atoms with Crippen LogP contribution in [-0.2, 0) is 14.6 Å². The molecule has 4 atom stereocenters. The normalized spacial score (nSPS) is 27.5. The van der Waals surface area contributed by atoms with E-state index in [1.807, 2.05) is 24.3 Å². The van der Waals surface area contributed by atoms with Gasteiger partial charge in [0.05, 0.1) is 22.8 Å². The second kappa shape index (κ2) is 8.81. The quantitative estimate of drug-likeness (QED) is 0.750. The van der Waals surface area contributed by atoms with E-state index in [0.717, 1.165) is 31.7 Å². The van der Waals surface area contributed by atoms with E-state index in [0.29, 0.717) is 23.3 Å². The number of hydrogen-bond donors (Lipinski definition) is 1. The number of sulfone groups is 1. The van der Waals surface area contributed by atoms with Crippen LogP contribution in [0.2, 0.25) is 0 Å². The lowest BCUT2D eigenvalue weighted by molar-refractivity contribution is 0.0304. The number of methoxy groups -OCH3 is 1. The number of nitrogens with one attached hydrogen (secondary N) is 1. The maximum absolute atomic E-state index is 12.6. The number of fused-ring (bicyclic) bond motifs is 1. The first-order chi connectivity index (χ1) is 14.0. The monoisotopic (exact) mass is 415 g/mol. The molecule has 1 saturated heterocycles. The van der Waals surface area contributed by atoms with Crippen LogP contribution in [0.4, 0.5) is 5.82 Å². The number of nitrogens with zero attached hydrogens (tertiary/aromatic N) is 2. The summed E-state index contributed by atoms with van der Waals surface area (Å²) in [6.07, 6.45) is 3.95. The Bertz CT molecular complexity index is 892. The number of pyridine rings is 1. The molecule has 2 fully saturated rings. The minimum absolute atomic E-state index is 0.145. The molecule has 0 unspecified atom stereocenters. The van der Waals surface area contributed by atoms with E-state index in [9.17, 15) is 8.42 Å². The number of likely N-dealkylation sites (tertiary alicyclic amines) is 1. The van der Waals surface area contributed by atoms with Crippen molar-refractivity contribution in [1.29, 1.82) is 0 Å². The highest BCUT2D eigenvalue weighted by Gasteiger charge is 2.42. The fourth-order valence-corrected chi connectivity index (χ4v) is 6.04. The number of aromatic nitrogens is 1. The van der Waals surface area contributed by atoms with Crippen LogP contribution >= 0.6 is 0 Å². The zero-order valence-corrected chi connectivity index (χ0v) is 17.6. The molecule has 1 saturated carbocycles. The van der Waals surface area contributed by atoms with Gasteiger partial charge < -0.3 is 15.0 Å². The molecule has 2 aromatic rings. The Labute approximate surface area is 173 Å². The van der Waals surface area contributed by atoms with Gasteiger partial charge in [-0.05, 0) is 48.9 Å². The minimum atomic E-state index is -3.23. The molecule has 4 rings (SSSR count). The summed E-state index contributed by atoms with van der Waals surface area (Å²) in [7, 11) is -1.46. The van der Waals surface area contributed by atoms with Crippen LogP contribution < -0.4 is 5.32 Å². The van der Waals surface area contributed by atoms with Crippen molar-refractivity contribution in [1.82, 2.24) is 9.88 Å². The van der Waals surface area contributed by atoms with Crippen molar-refractivity contribution in [3.05, 3.63) is 54.7 Å². The van der Waals surface area contributed by atoms with Crippen LogP contribution in [0.1, 0.15) is 12.8 Å². The summed E-state index contributed by atoms with van der Waals surface area (Å²) < 4.78 is 31.0. The Morgan fingerprint density at radius 3 is 2.48 bits per heavy atom. The molecule has 2 aliphatic rings. The first-order valence-electron chi connectivity index (χ1n) is 10.3. The van der Waals surface area contributed by atoms with Gasteiger partial charge in [-0.3, -0.25) is 0 Å². The number of rotatable bonds is 7. The predicted molar refractivity (Wildman–Crippen MR) is 114 cm³/mol. The molecule has 0 bridgehead atoms. The van der Waals surface area contributed by atoms with Crippen LogP contribution in [-0.4, -0.2) is 62.9 Å². The second-order valence-electron chi connectivity index (χ2n) is 8.12. The lowest BCUT2D eigenvalue weighted by atomic mass is 9.77. The Morgan fingerprint density at radius 2 is 1.79 bits per heavy atom. The van der Waals surface area contributed by atoms with E-state index < -0.39 is 9.84 Å². The predicted octanol–water partition coefficient (Wildman–Crippen LogP) is 2.69. The van der Waals surface area contributed by atoms with Gasteiger partial charge in [0.1, 0.15) is 5.82 Å². The first kappa shape index (κ1) is 20.3. The zero-order valence-electron chi connectivity index (χ0n) is 16.8.